The minimum Gasteiger partial charge on any atom is -0.309 e. The first-order chi connectivity index (χ1) is 23.3. The zero-order chi connectivity index (χ0) is 30.9. The zero-order valence-corrected chi connectivity index (χ0v) is 25.9. The molecule has 0 bridgehead atoms. The van der Waals surface area contributed by atoms with Crippen molar-refractivity contribution in [2.75, 3.05) is 0 Å². The van der Waals surface area contributed by atoms with Gasteiger partial charge in [0.05, 0.1) is 16.7 Å². The lowest BCUT2D eigenvalue weighted by molar-refractivity contribution is 0.989. The Balaban J connectivity index is 1.14. The summed E-state index contributed by atoms with van der Waals surface area (Å²) >= 11 is 0. The van der Waals surface area contributed by atoms with Crippen LogP contribution in [0.25, 0.3) is 88.1 Å². The number of allylic oxidation sites excluding steroid dienone is 1. The second kappa shape index (κ2) is 10.3. The molecule has 0 N–H and O–H groups in total. The standard InChI is InChI=1S/C46H31N/c1-3-14-37-30(10-1)20-21-31-22-23-34(27-42(31)37)32-12-9-13-33(26-32)35-24-25-45-43(28-35)41-18-7-8-19-44(41)47(45)46-29-36-11-2-4-15-38(36)39-16-5-6-17-40(39)46/h1-4,6-15,17-29H,5,16H2. The fourth-order valence-electron chi connectivity index (χ4n) is 7.96. The molecule has 0 spiro atoms. The van der Waals surface area contributed by atoms with Crippen molar-refractivity contribution in [2.45, 2.75) is 12.8 Å². The lowest BCUT2D eigenvalue weighted by atomic mass is 9.90. The summed E-state index contributed by atoms with van der Waals surface area (Å²) in [5.74, 6) is 0. The molecular weight excluding hydrogens is 567 g/mol. The van der Waals surface area contributed by atoms with E-state index in [1.807, 2.05) is 0 Å². The molecule has 9 aromatic rings. The van der Waals surface area contributed by atoms with Crippen molar-refractivity contribution in [3.8, 4) is 27.9 Å². The van der Waals surface area contributed by atoms with Crippen LogP contribution in [0.5, 0.6) is 0 Å². The first-order valence-electron chi connectivity index (χ1n) is 16.6. The van der Waals surface area contributed by atoms with Crippen LogP contribution >= 0.6 is 0 Å². The van der Waals surface area contributed by atoms with E-state index in [0.29, 0.717) is 0 Å². The fraction of sp³-hybridized carbons (Fsp3) is 0.0435. The van der Waals surface area contributed by atoms with E-state index in [1.54, 1.807) is 0 Å². The van der Waals surface area contributed by atoms with Crippen LogP contribution < -0.4 is 0 Å². The van der Waals surface area contributed by atoms with Crippen molar-refractivity contribution >= 4 is 60.2 Å². The molecule has 0 fully saturated rings. The molecular formula is C46H31N. The van der Waals surface area contributed by atoms with Crippen LogP contribution in [0.1, 0.15) is 17.5 Å². The van der Waals surface area contributed by atoms with Gasteiger partial charge in [0, 0.05) is 16.3 Å². The molecule has 0 unspecified atom stereocenters. The molecule has 0 saturated carbocycles. The SMILES string of the molecule is C1=Cc2c(-n3c4ccccc4c4cc(-c5cccc(-c6ccc7ccc8ccccc8c7c6)c5)ccc43)cc3ccccc3c2CC1. The Bertz CT molecular complexity index is 2740. The summed E-state index contributed by atoms with van der Waals surface area (Å²) in [5.41, 5.74) is 11.5. The third-order valence-corrected chi connectivity index (χ3v) is 10.2. The van der Waals surface area contributed by atoms with Gasteiger partial charge in [0.15, 0.2) is 0 Å². The molecule has 1 heterocycles. The molecule has 1 aromatic heterocycles. The molecule has 0 aliphatic heterocycles. The highest BCUT2D eigenvalue weighted by atomic mass is 15.0. The second-order valence-electron chi connectivity index (χ2n) is 12.8. The van der Waals surface area contributed by atoms with Gasteiger partial charge in [0.1, 0.15) is 0 Å². The molecule has 1 nitrogen and oxygen atoms in total. The zero-order valence-electron chi connectivity index (χ0n) is 25.9. The van der Waals surface area contributed by atoms with Crippen LogP contribution in [-0.2, 0) is 6.42 Å². The van der Waals surface area contributed by atoms with E-state index >= 15 is 0 Å². The topological polar surface area (TPSA) is 4.93 Å². The molecule has 0 amide bonds. The number of fused-ring (bicyclic) bond motifs is 9. The number of hydrogen-bond donors (Lipinski definition) is 0. The van der Waals surface area contributed by atoms with Gasteiger partial charge in [-0.05, 0) is 109 Å². The van der Waals surface area contributed by atoms with Crippen LogP contribution in [0.3, 0.4) is 0 Å². The monoisotopic (exact) mass is 597 g/mol. The maximum Gasteiger partial charge on any atom is 0.0543 e. The Morgan fingerprint density at radius 3 is 1.87 bits per heavy atom. The molecule has 1 aliphatic rings. The lowest BCUT2D eigenvalue weighted by Gasteiger charge is -2.20. The number of benzene rings is 8. The van der Waals surface area contributed by atoms with E-state index in [-0.39, 0.29) is 0 Å². The van der Waals surface area contributed by atoms with Crippen LogP contribution in [0.2, 0.25) is 0 Å². The summed E-state index contributed by atoms with van der Waals surface area (Å²) in [5, 5.41) is 10.4. The maximum absolute atomic E-state index is 2.49. The largest absolute Gasteiger partial charge is 0.309 e. The van der Waals surface area contributed by atoms with Crippen molar-refractivity contribution in [2.24, 2.45) is 0 Å². The highest BCUT2D eigenvalue weighted by Crippen LogP contribution is 2.40. The number of rotatable bonds is 3. The first kappa shape index (κ1) is 26.3. The molecule has 220 valence electrons. The van der Waals surface area contributed by atoms with Gasteiger partial charge in [-0.1, -0.05) is 127 Å². The predicted molar refractivity (Wildman–Crippen MR) is 202 cm³/mol. The van der Waals surface area contributed by atoms with Crippen molar-refractivity contribution in [3.05, 3.63) is 169 Å². The van der Waals surface area contributed by atoms with Gasteiger partial charge in [-0.3, -0.25) is 0 Å². The number of aromatic nitrogens is 1. The Hall–Kier alpha value is -5.92. The fourth-order valence-corrected chi connectivity index (χ4v) is 7.96. The van der Waals surface area contributed by atoms with E-state index in [1.165, 1.54) is 93.2 Å². The molecule has 0 radical (unpaired) electrons. The molecule has 1 aliphatic carbocycles. The van der Waals surface area contributed by atoms with E-state index in [4.69, 9.17) is 0 Å². The van der Waals surface area contributed by atoms with Gasteiger partial charge in [-0.25, -0.2) is 0 Å². The Kier molecular flexibility index (Phi) is 5.77. The van der Waals surface area contributed by atoms with E-state index in [9.17, 15) is 0 Å². The van der Waals surface area contributed by atoms with Crippen molar-refractivity contribution in [1.29, 1.82) is 0 Å². The van der Waals surface area contributed by atoms with Gasteiger partial charge in [0.2, 0.25) is 0 Å². The van der Waals surface area contributed by atoms with E-state index in [2.05, 4.69) is 168 Å². The van der Waals surface area contributed by atoms with Crippen LogP contribution in [0.15, 0.2) is 158 Å². The Morgan fingerprint density at radius 2 is 1.02 bits per heavy atom. The van der Waals surface area contributed by atoms with E-state index in [0.717, 1.165) is 12.8 Å². The number of hydrogen-bond acceptors (Lipinski definition) is 0. The summed E-state index contributed by atoms with van der Waals surface area (Å²) in [7, 11) is 0. The van der Waals surface area contributed by atoms with Crippen molar-refractivity contribution in [1.82, 2.24) is 4.57 Å². The summed E-state index contributed by atoms with van der Waals surface area (Å²) < 4.78 is 2.49. The average molecular weight is 598 g/mol. The third kappa shape index (κ3) is 4.10. The Morgan fingerprint density at radius 1 is 0.404 bits per heavy atom. The number of aryl methyl sites for hydroxylation is 1. The molecule has 10 rings (SSSR count). The minimum absolute atomic E-state index is 1.07. The normalized spacial score (nSPS) is 12.9. The first-order valence-corrected chi connectivity index (χ1v) is 16.6. The second-order valence-corrected chi connectivity index (χ2v) is 12.8. The molecule has 8 aromatic carbocycles. The smallest absolute Gasteiger partial charge is 0.0543 e. The number of para-hydroxylation sites is 1. The summed E-state index contributed by atoms with van der Waals surface area (Å²) in [4.78, 5) is 0. The summed E-state index contributed by atoms with van der Waals surface area (Å²) in [6, 6.07) is 56.1. The molecule has 0 atom stereocenters. The van der Waals surface area contributed by atoms with E-state index < -0.39 is 0 Å². The van der Waals surface area contributed by atoms with Crippen LogP contribution in [0.4, 0.5) is 0 Å². The van der Waals surface area contributed by atoms with Gasteiger partial charge in [0.25, 0.3) is 0 Å². The third-order valence-electron chi connectivity index (χ3n) is 10.2. The van der Waals surface area contributed by atoms with Crippen molar-refractivity contribution < 1.29 is 0 Å². The highest BCUT2D eigenvalue weighted by molar-refractivity contribution is 6.12. The van der Waals surface area contributed by atoms with Crippen LogP contribution in [0, 0.1) is 0 Å². The van der Waals surface area contributed by atoms with Gasteiger partial charge in [-0.2, -0.15) is 0 Å². The highest BCUT2D eigenvalue weighted by Gasteiger charge is 2.19. The van der Waals surface area contributed by atoms with Crippen LogP contribution in [-0.4, -0.2) is 4.57 Å². The van der Waals surface area contributed by atoms with Gasteiger partial charge < -0.3 is 4.57 Å². The lowest BCUT2D eigenvalue weighted by Crippen LogP contribution is -2.04. The summed E-state index contributed by atoms with van der Waals surface area (Å²) in [6.45, 7) is 0. The number of nitrogens with zero attached hydrogens (tertiary/aromatic N) is 1. The minimum atomic E-state index is 1.07. The summed E-state index contributed by atoms with van der Waals surface area (Å²) in [6.07, 6.45) is 6.84. The quantitative estimate of drug-likeness (QED) is 0.179. The van der Waals surface area contributed by atoms with Gasteiger partial charge >= 0.3 is 0 Å². The average Bonchev–Trinajstić information content (AvgIpc) is 3.48. The maximum atomic E-state index is 2.49. The molecule has 1 heteroatoms. The predicted octanol–water partition coefficient (Wildman–Crippen LogP) is 12.5. The van der Waals surface area contributed by atoms with Crippen molar-refractivity contribution in [3.63, 3.8) is 0 Å². The van der Waals surface area contributed by atoms with Gasteiger partial charge in [-0.15, -0.1) is 0 Å². The Labute approximate surface area is 273 Å². The molecule has 47 heavy (non-hydrogen) atoms. The molecule has 0 saturated heterocycles.